The van der Waals surface area contributed by atoms with Gasteiger partial charge in [-0.15, -0.1) is 22.9 Å². The SMILES string of the molecule is ClC(c1csc(Br)c1)c1cc2c(cc1Br)OCCCO2. The Bertz CT molecular complexity index is 630. The molecule has 0 spiro atoms. The summed E-state index contributed by atoms with van der Waals surface area (Å²) in [5.41, 5.74) is 2.06. The topological polar surface area (TPSA) is 18.5 Å². The summed E-state index contributed by atoms with van der Waals surface area (Å²) in [6.07, 6.45) is 0.892. The normalized spacial score (nSPS) is 15.8. The second-order valence-electron chi connectivity index (χ2n) is 4.42. The van der Waals surface area contributed by atoms with Gasteiger partial charge in [-0.3, -0.25) is 0 Å². The lowest BCUT2D eigenvalue weighted by Crippen LogP contribution is -1.97. The van der Waals surface area contributed by atoms with Crippen LogP contribution in [0.1, 0.15) is 22.9 Å². The molecule has 0 saturated heterocycles. The number of fused-ring (bicyclic) bond motifs is 1. The summed E-state index contributed by atoms with van der Waals surface area (Å²) in [5, 5.41) is 1.83. The van der Waals surface area contributed by atoms with Gasteiger partial charge in [-0.2, -0.15) is 0 Å². The Hall–Kier alpha value is -0.230. The van der Waals surface area contributed by atoms with E-state index in [2.05, 4.69) is 37.2 Å². The van der Waals surface area contributed by atoms with Crippen LogP contribution in [0.25, 0.3) is 0 Å². The first-order valence-corrected chi connectivity index (χ1v) is 9.02. The molecule has 6 heteroatoms. The first kappa shape index (κ1) is 14.7. The van der Waals surface area contributed by atoms with E-state index in [-0.39, 0.29) is 5.38 Å². The van der Waals surface area contributed by atoms with Crippen molar-refractivity contribution in [3.63, 3.8) is 0 Å². The van der Waals surface area contributed by atoms with Gasteiger partial charge in [-0.1, -0.05) is 15.9 Å². The third kappa shape index (κ3) is 3.01. The number of halogens is 3. The maximum atomic E-state index is 6.59. The molecule has 0 amide bonds. The van der Waals surface area contributed by atoms with E-state index >= 15 is 0 Å². The van der Waals surface area contributed by atoms with Crippen LogP contribution in [0.15, 0.2) is 31.8 Å². The van der Waals surface area contributed by atoms with Gasteiger partial charge in [-0.25, -0.2) is 0 Å². The molecule has 1 aliphatic heterocycles. The monoisotopic (exact) mass is 436 g/mol. The molecule has 2 nitrogen and oxygen atoms in total. The van der Waals surface area contributed by atoms with Crippen molar-refractivity contribution in [3.8, 4) is 11.5 Å². The summed E-state index contributed by atoms with van der Waals surface area (Å²) in [4.78, 5) is 0. The molecule has 0 bridgehead atoms. The van der Waals surface area contributed by atoms with Crippen LogP contribution in [0.3, 0.4) is 0 Å². The van der Waals surface area contributed by atoms with Gasteiger partial charge in [0, 0.05) is 10.9 Å². The fourth-order valence-electron chi connectivity index (χ4n) is 2.03. The van der Waals surface area contributed by atoms with E-state index in [0.29, 0.717) is 13.2 Å². The Kier molecular flexibility index (Phi) is 4.60. The fourth-order valence-corrected chi connectivity index (χ4v) is 4.30. The highest BCUT2D eigenvalue weighted by molar-refractivity contribution is 9.11. The quantitative estimate of drug-likeness (QED) is 0.555. The predicted octanol–water partition coefficient (Wildman–Crippen LogP) is 5.76. The van der Waals surface area contributed by atoms with Crippen LogP contribution in [0, 0.1) is 0 Å². The minimum atomic E-state index is -0.218. The van der Waals surface area contributed by atoms with Crippen molar-refractivity contribution in [2.45, 2.75) is 11.8 Å². The standard InChI is InChI=1S/C14H11Br2ClO2S/c15-10-6-12-11(18-2-1-3-19-12)5-9(10)14(17)8-4-13(16)20-7-8/h4-7,14H,1-3H2. The largest absolute Gasteiger partial charge is 0.490 e. The van der Waals surface area contributed by atoms with Gasteiger partial charge in [0.15, 0.2) is 11.5 Å². The van der Waals surface area contributed by atoms with E-state index < -0.39 is 0 Å². The first-order valence-electron chi connectivity index (χ1n) is 6.12. The molecule has 106 valence electrons. The summed E-state index contributed by atoms with van der Waals surface area (Å²) < 4.78 is 13.4. The van der Waals surface area contributed by atoms with E-state index in [1.807, 2.05) is 18.2 Å². The third-order valence-corrected chi connectivity index (χ3v) is 5.72. The lowest BCUT2D eigenvalue weighted by molar-refractivity contribution is 0.297. The van der Waals surface area contributed by atoms with Gasteiger partial charge in [0.05, 0.1) is 22.4 Å². The number of alkyl halides is 1. The number of ether oxygens (including phenoxy) is 2. The number of thiophene rings is 1. The van der Waals surface area contributed by atoms with E-state index in [1.54, 1.807) is 11.3 Å². The summed E-state index contributed by atoms with van der Waals surface area (Å²) in [5.74, 6) is 1.54. The van der Waals surface area contributed by atoms with Gasteiger partial charge in [0.1, 0.15) is 0 Å². The number of hydrogen-bond acceptors (Lipinski definition) is 3. The summed E-state index contributed by atoms with van der Waals surface area (Å²) in [7, 11) is 0. The molecule has 0 fully saturated rings. The highest BCUT2D eigenvalue weighted by Gasteiger charge is 2.20. The number of rotatable bonds is 2. The minimum Gasteiger partial charge on any atom is -0.490 e. The maximum absolute atomic E-state index is 6.59. The molecular formula is C14H11Br2ClO2S. The highest BCUT2D eigenvalue weighted by atomic mass is 79.9. The average molecular weight is 439 g/mol. The van der Waals surface area contributed by atoms with Gasteiger partial charge in [-0.05, 0) is 50.6 Å². The van der Waals surface area contributed by atoms with Crippen LogP contribution >= 0.6 is 54.8 Å². The number of hydrogen-bond donors (Lipinski definition) is 0. The van der Waals surface area contributed by atoms with Gasteiger partial charge in [0.2, 0.25) is 0 Å². The first-order chi connectivity index (χ1) is 9.65. The van der Waals surface area contributed by atoms with E-state index in [4.69, 9.17) is 21.1 Å². The Morgan fingerprint density at radius 3 is 2.45 bits per heavy atom. The van der Waals surface area contributed by atoms with Crippen LogP contribution in [0.2, 0.25) is 0 Å². The molecule has 1 aliphatic rings. The molecule has 20 heavy (non-hydrogen) atoms. The molecule has 3 rings (SSSR count). The molecule has 0 radical (unpaired) electrons. The summed E-state index contributed by atoms with van der Waals surface area (Å²) in [6.45, 7) is 1.35. The van der Waals surface area contributed by atoms with Crippen LogP contribution in [-0.2, 0) is 0 Å². The lowest BCUT2D eigenvalue weighted by atomic mass is 10.1. The Morgan fingerprint density at radius 2 is 1.80 bits per heavy atom. The van der Waals surface area contributed by atoms with Crippen molar-refractivity contribution in [1.29, 1.82) is 0 Å². The van der Waals surface area contributed by atoms with Crippen molar-refractivity contribution in [2.24, 2.45) is 0 Å². The van der Waals surface area contributed by atoms with E-state index in [1.165, 1.54) is 0 Å². The van der Waals surface area contributed by atoms with Crippen molar-refractivity contribution >= 4 is 54.8 Å². The molecule has 2 heterocycles. The van der Waals surface area contributed by atoms with Gasteiger partial charge >= 0.3 is 0 Å². The highest BCUT2D eigenvalue weighted by Crippen LogP contribution is 2.42. The van der Waals surface area contributed by atoms with Gasteiger partial charge in [0.25, 0.3) is 0 Å². The molecule has 0 aliphatic carbocycles. The Morgan fingerprint density at radius 1 is 1.10 bits per heavy atom. The zero-order valence-electron chi connectivity index (χ0n) is 10.4. The smallest absolute Gasteiger partial charge is 0.162 e. The maximum Gasteiger partial charge on any atom is 0.162 e. The van der Waals surface area contributed by atoms with Gasteiger partial charge < -0.3 is 9.47 Å². The van der Waals surface area contributed by atoms with Crippen LogP contribution in [0.5, 0.6) is 11.5 Å². The van der Waals surface area contributed by atoms with Crippen LogP contribution in [-0.4, -0.2) is 13.2 Å². The summed E-state index contributed by atoms with van der Waals surface area (Å²) in [6, 6.07) is 5.94. The zero-order valence-corrected chi connectivity index (χ0v) is 15.1. The third-order valence-electron chi connectivity index (χ3n) is 3.02. The van der Waals surface area contributed by atoms with E-state index in [9.17, 15) is 0 Å². The van der Waals surface area contributed by atoms with Crippen LogP contribution in [0.4, 0.5) is 0 Å². The van der Waals surface area contributed by atoms with E-state index in [0.717, 1.165) is 37.3 Å². The summed E-state index contributed by atoms with van der Waals surface area (Å²) >= 11 is 15.3. The Labute approximate surface area is 143 Å². The Balaban J connectivity index is 1.99. The molecule has 1 aromatic carbocycles. The average Bonchev–Trinajstić information content (AvgIpc) is 2.73. The fraction of sp³-hybridized carbons (Fsp3) is 0.286. The zero-order chi connectivity index (χ0) is 14.1. The molecule has 1 unspecified atom stereocenters. The molecule has 1 atom stereocenters. The van der Waals surface area contributed by atoms with Crippen LogP contribution < -0.4 is 9.47 Å². The lowest BCUT2D eigenvalue weighted by Gasteiger charge is -2.15. The van der Waals surface area contributed by atoms with Crippen molar-refractivity contribution < 1.29 is 9.47 Å². The predicted molar refractivity (Wildman–Crippen MR) is 89.5 cm³/mol. The number of benzene rings is 1. The minimum absolute atomic E-state index is 0.218. The van der Waals surface area contributed by atoms with Crippen molar-refractivity contribution in [3.05, 3.63) is 43.0 Å². The van der Waals surface area contributed by atoms with Crippen molar-refractivity contribution in [1.82, 2.24) is 0 Å². The molecule has 0 N–H and O–H groups in total. The molecule has 2 aromatic rings. The molecule has 1 aromatic heterocycles. The molecule has 0 saturated carbocycles. The molecular weight excluding hydrogens is 427 g/mol. The second-order valence-corrected chi connectivity index (χ2v) is 8.00. The second kappa shape index (κ2) is 6.26. The van der Waals surface area contributed by atoms with Crippen molar-refractivity contribution in [2.75, 3.05) is 13.2 Å².